The molecule has 0 saturated heterocycles. The van der Waals surface area contributed by atoms with Crippen LogP contribution >= 0.6 is 0 Å². The molecule has 0 N–H and O–H groups in total. The topological polar surface area (TPSA) is 73.9 Å². The van der Waals surface area contributed by atoms with Crippen LogP contribution in [0.25, 0.3) is 22.9 Å². The summed E-state index contributed by atoms with van der Waals surface area (Å²) in [5.74, 6) is 3.39. The summed E-state index contributed by atoms with van der Waals surface area (Å²) in [6.07, 6.45) is 7.77. The van der Waals surface area contributed by atoms with Gasteiger partial charge in [-0.2, -0.15) is 5.10 Å². The van der Waals surface area contributed by atoms with Crippen molar-refractivity contribution in [1.29, 1.82) is 0 Å². The molecule has 0 unspecified atom stereocenters. The van der Waals surface area contributed by atoms with Crippen molar-refractivity contribution < 1.29 is 4.74 Å². The third kappa shape index (κ3) is 3.34. The summed E-state index contributed by atoms with van der Waals surface area (Å²) < 4.78 is 10.0. The minimum Gasteiger partial charge on any atom is -0.491 e. The van der Waals surface area contributed by atoms with Gasteiger partial charge in [0, 0.05) is 38.1 Å². The molecule has 0 spiro atoms. The van der Waals surface area contributed by atoms with Crippen LogP contribution in [0.5, 0.6) is 5.75 Å². The average molecular weight is 381 g/mol. The molecule has 28 heavy (non-hydrogen) atoms. The highest BCUT2D eigenvalue weighted by molar-refractivity contribution is 5.69. The molecule has 0 saturated carbocycles. The second kappa shape index (κ2) is 7.61. The Morgan fingerprint density at radius 2 is 2.11 bits per heavy atom. The third-order valence-electron chi connectivity index (χ3n) is 4.99. The first-order valence-corrected chi connectivity index (χ1v) is 9.90. The van der Waals surface area contributed by atoms with E-state index in [1.54, 1.807) is 6.33 Å². The lowest BCUT2D eigenvalue weighted by molar-refractivity contribution is 0.306. The van der Waals surface area contributed by atoms with Crippen molar-refractivity contribution in [3.05, 3.63) is 24.8 Å². The van der Waals surface area contributed by atoms with Crippen molar-refractivity contribution in [3.8, 4) is 28.7 Å². The number of fused-ring (bicyclic) bond motifs is 3. The molecule has 0 aromatic carbocycles. The first-order chi connectivity index (χ1) is 13.6. The molecule has 0 radical (unpaired) electrons. The second-order valence-corrected chi connectivity index (χ2v) is 7.43. The largest absolute Gasteiger partial charge is 0.491 e. The van der Waals surface area contributed by atoms with Gasteiger partial charge in [-0.3, -0.25) is 0 Å². The van der Waals surface area contributed by atoms with Crippen molar-refractivity contribution >= 4 is 5.82 Å². The summed E-state index contributed by atoms with van der Waals surface area (Å²) in [5.41, 5.74) is 1.73. The van der Waals surface area contributed by atoms with Crippen molar-refractivity contribution in [2.45, 2.75) is 46.2 Å². The van der Waals surface area contributed by atoms with Crippen LogP contribution in [-0.2, 0) is 6.54 Å². The average Bonchev–Trinajstić information content (AvgIpc) is 3.30. The van der Waals surface area contributed by atoms with E-state index in [1.165, 1.54) is 0 Å². The number of ether oxygens (including phenoxy) is 1. The summed E-state index contributed by atoms with van der Waals surface area (Å²) in [4.78, 5) is 16.1. The lowest BCUT2D eigenvalue weighted by Crippen LogP contribution is -2.19. The van der Waals surface area contributed by atoms with E-state index in [-0.39, 0.29) is 6.04 Å². The molecule has 0 amide bonds. The minimum atomic E-state index is 0.220. The zero-order valence-electron chi connectivity index (χ0n) is 17.0. The van der Waals surface area contributed by atoms with E-state index >= 15 is 0 Å². The maximum atomic E-state index is 6.02. The van der Waals surface area contributed by atoms with Gasteiger partial charge in [-0.05, 0) is 20.3 Å². The molecule has 4 rings (SSSR count). The molecule has 1 aliphatic heterocycles. The Morgan fingerprint density at radius 3 is 2.89 bits per heavy atom. The Hall–Kier alpha value is -2.90. The lowest BCUT2D eigenvalue weighted by Gasteiger charge is -2.19. The minimum absolute atomic E-state index is 0.220. The monoisotopic (exact) mass is 381 g/mol. The van der Waals surface area contributed by atoms with Crippen LogP contribution in [-0.4, -0.2) is 49.5 Å². The van der Waals surface area contributed by atoms with Crippen molar-refractivity contribution in [2.24, 2.45) is 0 Å². The SMILES string of the molecule is CCCCN(C)c1cc2c(cn1)-c1nc(-c3ncnn3C(C)C)cn1CCO2. The van der Waals surface area contributed by atoms with Gasteiger partial charge in [0.15, 0.2) is 5.82 Å². The molecule has 8 heteroatoms. The molecule has 3 aromatic heterocycles. The summed E-state index contributed by atoms with van der Waals surface area (Å²) in [7, 11) is 2.07. The number of pyridine rings is 1. The molecular formula is C20H27N7O. The number of hydrogen-bond donors (Lipinski definition) is 0. The zero-order valence-corrected chi connectivity index (χ0v) is 17.0. The van der Waals surface area contributed by atoms with Gasteiger partial charge in [0.05, 0.1) is 12.1 Å². The molecule has 0 fully saturated rings. The molecule has 4 heterocycles. The van der Waals surface area contributed by atoms with Crippen molar-refractivity contribution in [3.63, 3.8) is 0 Å². The van der Waals surface area contributed by atoms with Gasteiger partial charge in [-0.25, -0.2) is 19.6 Å². The highest BCUT2D eigenvalue weighted by Gasteiger charge is 2.22. The maximum Gasteiger partial charge on any atom is 0.178 e. The Bertz CT molecular complexity index is 959. The van der Waals surface area contributed by atoms with Crippen LogP contribution in [0.15, 0.2) is 24.8 Å². The van der Waals surface area contributed by atoms with E-state index in [0.29, 0.717) is 6.61 Å². The number of unbranched alkanes of at least 4 members (excludes halogenated alkanes) is 1. The van der Waals surface area contributed by atoms with E-state index in [2.05, 4.69) is 52.4 Å². The molecule has 0 atom stereocenters. The number of rotatable bonds is 6. The van der Waals surface area contributed by atoms with E-state index in [9.17, 15) is 0 Å². The van der Waals surface area contributed by atoms with Gasteiger partial charge >= 0.3 is 0 Å². The highest BCUT2D eigenvalue weighted by Crippen LogP contribution is 2.35. The first-order valence-electron chi connectivity index (χ1n) is 9.90. The maximum absolute atomic E-state index is 6.02. The quantitative estimate of drug-likeness (QED) is 0.651. The normalized spacial score (nSPS) is 13.0. The van der Waals surface area contributed by atoms with E-state index in [0.717, 1.165) is 60.4 Å². The summed E-state index contributed by atoms with van der Waals surface area (Å²) in [6, 6.07) is 2.24. The second-order valence-electron chi connectivity index (χ2n) is 7.43. The van der Waals surface area contributed by atoms with Crippen LogP contribution in [0.1, 0.15) is 39.7 Å². The van der Waals surface area contributed by atoms with Crippen molar-refractivity contribution in [1.82, 2.24) is 29.3 Å². The zero-order chi connectivity index (χ0) is 19.7. The Morgan fingerprint density at radius 1 is 1.25 bits per heavy atom. The fourth-order valence-corrected chi connectivity index (χ4v) is 3.41. The fraction of sp³-hybridized carbons (Fsp3) is 0.500. The summed E-state index contributed by atoms with van der Waals surface area (Å²) >= 11 is 0. The number of nitrogens with zero attached hydrogens (tertiary/aromatic N) is 7. The van der Waals surface area contributed by atoms with Gasteiger partial charge in [-0.15, -0.1) is 0 Å². The molecule has 8 nitrogen and oxygen atoms in total. The number of aromatic nitrogens is 6. The van der Waals surface area contributed by atoms with E-state index in [1.807, 2.05) is 23.1 Å². The molecule has 1 aliphatic rings. The predicted molar refractivity (Wildman–Crippen MR) is 109 cm³/mol. The third-order valence-corrected chi connectivity index (χ3v) is 4.99. The van der Waals surface area contributed by atoms with Gasteiger partial charge in [0.25, 0.3) is 0 Å². The Labute approximate surface area is 165 Å². The predicted octanol–water partition coefficient (Wildman–Crippen LogP) is 3.41. The van der Waals surface area contributed by atoms with Gasteiger partial charge in [-0.1, -0.05) is 13.3 Å². The van der Waals surface area contributed by atoms with E-state index in [4.69, 9.17) is 9.72 Å². The van der Waals surface area contributed by atoms with Crippen LogP contribution < -0.4 is 9.64 Å². The number of imidazole rings is 1. The highest BCUT2D eigenvalue weighted by atomic mass is 16.5. The fourth-order valence-electron chi connectivity index (χ4n) is 3.41. The number of hydrogen-bond acceptors (Lipinski definition) is 6. The molecule has 0 bridgehead atoms. The van der Waals surface area contributed by atoms with Crippen molar-refractivity contribution in [2.75, 3.05) is 25.1 Å². The summed E-state index contributed by atoms with van der Waals surface area (Å²) in [6.45, 7) is 8.67. The van der Waals surface area contributed by atoms with Gasteiger partial charge in [0.2, 0.25) is 0 Å². The Kier molecular flexibility index (Phi) is 5.02. The van der Waals surface area contributed by atoms with E-state index < -0.39 is 0 Å². The lowest BCUT2D eigenvalue weighted by atomic mass is 10.2. The van der Waals surface area contributed by atoms with Crippen LogP contribution in [0, 0.1) is 0 Å². The standard InChI is InChI=1S/C20H27N7O/c1-5-6-7-25(4)18-10-17-15(11-21-18)19-24-16(12-26(19)8-9-28-17)20-22-13-23-27(20)14(2)3/h10-14H,5-9H2,1-4H3. The number of anilines is 1. The first kappa shape index (κ1) is 18.5. The Balaban J connectivity index is 1.71. The van der Waals surface area contributed by atoms with Gasteiger partial charge < -0.3 is 14.2 Å². The molecule has 148 valence electrons. The van der Waals surface area contributed by atoms with Crippen LogP contribution in [0.4, 0.5) is 5.82 Å². The molecular weight excluding hydrogens is 354 g/mol. The van der Waals surface area contributed by atoms with Crippen LogP contribution in [0.2, 0.25) is 0 Å². The van der Waals surface area contributed by atoms with Gasteiger partial charge in [0.1, 0.15) is 36.0 Å². The molecule has 0 aliphatic carbocycles. The summed E-state index contributed by atoms with van der Waals surface area (Å²) in [5, 5.41) is 4.33. The van der Waals surface area contributed by atoms with Crippen LogP contribution in [0.3, 0.4) is 0 Å². The molecule has 3 aromatic rings. The smallest absolute Gasteiger partial charge is 0.178 e.